The fourth-order valence-electron chi connectivity index (χ4n) is 2.65. The van der Waals surface area contributed by atoms with Crippen LogP contribution in [-0.2, 0) is 6.18 Å². The van der Waals surface area contributed by atoms with Gasteiger partial charge in [0.1, 0.15) is 5.58 Å². The standard InChI is InChI=1S/C20H18F3NO2/c1-19(2,3)24-16-14-6-4-5-7-15(14)26-18(16)17(25)12-8-10-13(11-9-12)20(21,22)23/h4-11,24H,1-3H3. The second kappa shape index (κ2) is 6.20. The minimum Gasteiger partial charge on any atom is -0.450 e. The largest absolute Gasteiger partial charge is 0.450 e. The van der Waals surface area contributed by atoms with Crippen LogP contribution in [0, 0.1) is 0 Å². The summed E-state index contributed by atoms with van der Waals surface area (Å²) in [5.41, 5.74) is 0.0789. The maximum atomic E-state index is 12.9. The molecule has 1 N–H and O–H groups in total. The first-order valence-corrected chi connectivity index (χ1v) is 8.08. The fourth-order valence-corrected chi connectivity index (χ4v) is 2.65. The van der Waals surface area contributed by atoms with E-state index in [1.807, 2.05) is 32.9 Å². The van der Waals surface area contributed by atoms with Crippen molar-refractivity contribution >= 4 is 22.4 Å². The van der Waals surface area contributed by atoms with Gasteiger partial charge in [0.25, 0.3) is 0 Å². The lowest BCUT2D eigenvalue weighted by atomic mass is 10.0. The number of hydrogen-bond acceptors (Lipinski definition) is 3. The number of anilines is 1. The highest BCUT2D eigenvalue weighted by atomic mass is 19.4. The van der Waals surface area contributed by atoms with Crippen LogP contribution < -0.4 is 5.32 Å². The highest BCUT2D eigenvalue weighted by Crippen LogP contribution is 2.35. The van der Waals surface area contributed by atoms with Crippen LogP contribution in [0.1, 0.15) is 42.5 Å². The van der Waals surface area contributed by atoms with Gasteiger partial charge in [-0.1, -0.05) is 24.3 Å². The van der Waals surface area contributed by atoms with Gasteiger partial charge >= 0.3 is 6.18 Å². The highest BCUT2D eigenvalue weighted by Gasteiger charge is 2.31. The van der Waals surface area contributed by atoms with Gasteiger partial charge in [0.05, 0.1) is 11.3 Å². The molecule has 0 radical (unpaired) electrons. The van der Waals surface area contributed by atoms with Gasteiger partial charge in [-0.05, 0) is 45.0 Å². The summed E-state index contributed by atoms with van der Waals surface area (Å²) >= 11 is 0. The van der Waals surface area contributed by atoms with Crippen molar-refractivity contribution in [2.45, 2.75) is 32.5 Å². The number of carbonyl (C=O) groups excluding carboxylic acids is 1. The van der Waals surface area contributed by atoms with Crippen molar-refractivity contribution in [2.24, 2.45) is 0 Å². The van der Waals surface area contributed by atoms with Crippen molar-refractivity contribution in [1.82, 2.24) is 0 Å². The van der Waals surface area contributed by atoms with Crippen LogP contribution in [0.25, 0.3) is 11.0 Å². The van der Waals surface area contributed by atoms with E-state index in [2.05, 4.69) is 5.32 Å². The molecule has 3 rings (SSSR count). The first-order chi connectivity index (χ1) is 12.1. The summed E-state index contributed by atoms with van der Waals surface area (Å²) in [4.78, 5) is 12.9. The summed E-state index contributed by atoms with van der Waals surface area (Å²) in [6.07, 6.45) is -4.44. The van der Waals surface area contributed by atoms with Crippen LogP contribution in [0.5, 0.6) is 0 Å². The number of ketones is 1. The molecule has 0 aliphatic heterocycles. The Labute approximate surface area is 148 Å². The van der Waals surface area contributed by atoms with E-state index in [0.717, 1.165) is 17.5 Å². The Kier molecular flexibility index (Phi) is 4.30. The summed E-state index contributed by atoms with van der Waals surface area (Å²) in [6, 6.07) is 11.3. The third-order valence-corrected chi connectivity index (χ3v) is 3.78. The molecule has 0 bridgehead atoms. The Morgan fingerprint density at radius 2 is 1.58 bits per heavy atom. The molecule has 0 fully saturated rings. The fraction of sp³-hybridized carbons (Fsp3) is 0.250. The summed E-state index contributed by atoms with van der Waals surface area (Å²) in [5.74, 6) is -0.387. The SMILES string of the molecule is CC(C)(C)Nc1c(C(=O)c2ccc(C(F)(F)F)cc2)oc2ccccc12. The van der Waals surface area contributed by atoms with E-state index >= 15 is 0 Å². The minimum absolute atomic E-state index is 0.0842. The lowest BCUT2D eigenvalue weighted by Gasteiger charge is -2.22. The predicted octanol–water partition coefficient (Wildman–Crippen LogP) is 5.89. The predicted molar refractivity (Wildman–Crippen MR) is 94.5 cm³/mol. The number of rotatable bonds is 3. The normalized spacial score (nSPS) is 12.4. The zero-order valence-corrected chi connectivity index (χ0v) is 14.6. The quantitative estimate of drug-likeness (QED) is 0.591. The molecule has 0 amide bonds. The van der Waals surface area contributed by atoms with Crippen LogP contribution in [0.4, 0.5) is 18.9 Å². The number of benzene rings is 2. The molecule has 1 aromatic heterocycles. The van der Waals surface area contributed by atoms with Gasteiger partial charge in [0, 0.05) is 16.5 Å². The summed E-state index contributed by atoms with van der Waals surface area (Å²) < 4.78 is 43.9. The van der Waals surface area contributed by atoms with Gasteiger partial charge in [0.2, 0.25) is 5.78 Å². The number of halogens is 3. The van der Waals surface area contributed by atoms with Gasteiger partial charge in [-0.25, -0.2) is 0 Å². The zero-order valence-electron chi connectivity index (χ0n) is 14.6. The molecule has 1 heterocycles. The van der Waals surface area contributed by atoms with E-state index in [1.165, 1.54) is 12.1 Å². The molecular formula is C20H18F3NO2. The lowest BCUT2D eigenvalue weighted by molar-refractivity contribution is -0.137. The van der Waals surface area contributed by atoms with Gasteiger partial charge in [-0.2, -0.15) is 13.2 Å². The molecule has 3 nitrogen and oxygen atoms in total. The van der Waals surface area contributed by atoms with E-state index in [4.69, 9.17) is 4.42 Å². The maximum Gasteiger partial charge on any atom is 0.416 e. The van der Waals surface area contributed by atoms with Crippen LogP contribution in [-0.4, -0.2) is 11.3 Å². The summed E-state index contributed by atoms with van der Waals surface area (Å²) in [6.45, 7) is 5.84. The number of para-hydroxylation sites is 1. The van der Waals surface area contributed by atoms with Crippen molar-refractivity contribution in [3.8, 4) is 0 Å². The molecule has 0 saturated carbocycles. The Bertz CT molecular complexity index is 948. The van der Waals surface area contributed by atoms with Crippen LogP contribution in [0.3, 0.4) is 0 Å². The number of nitrogens with one attached hydrogen (secondary N) is 1. The topological polar surface area (TPSA) is 42.2 Å². The van der Waals surface area contributed by atoms with E-state index in [-0.39, 0.29) is 16.9 Å². The smallest absolute Gasteiger partial charge is 0.416 e. The van der Waals surface area contributed by atoms with E-state index in [0.29, 0.717) is 11.3 Å². The van der Waals surface area contributed by atoms with E-state index in [9.17, 15) is 18.0 Å². The number of alkyl halides is 3. The average molecular weight is 361 g/mol. The first-order valence-electron chi connectivity index (χ1n) is 8.08. The molecule has 3 aromatic rings. The van der Waals surface area contributed by atoms with Crippen LogP contribution in [0.2, 0.25) is 0 Å². The van der Waals surface area contributed by atoms with Gasteiger partial charge in [-0.3, -0.25) is 4.79 Å². The molecule has 0 saturated heterocycles. The number of carbonyl (C=O) groups is 1. The number of fused-ring (bicyclic) bond motifs is 1. The van der Waals surface area contributed by atoms with Gasteiger partial charge in [-0.15, -0.1) is 0 Å². The van der Waals surface area contributed by atoms with E-state index in [1.54, 1.807) is 12.1 Å². The molecule has 0 aliphatic carbocycles. The Balaban J connectivity index is 2.06. The van der Waals surface area contributed by atoms with Crippen LogP contribution in [0.15, 0.2) is 52.9 Å². The Morgan fingerprint density at radius 3 is 2.15 bits per heavy atom. The molecule has 0 aliphatic rings. The number of hydrogen-bond donors (Lipinski definition) is 1. The zero-order chi connectivity index (χ0) is 19.1. The first kappa shape index (κ1) is 18.0. The van der Waals surface area contributed by atoms with Crippen molar-refractivity contribution < 1.29 is 22.4 Å². The third-order valence-electron chi connectivity index (χ3n) is 3.78. The maximum absolute atomic E-state index is 12.9. The number of furan rings is 1. The van der Waals surface area contributed by atoms with Gasteiger partial charge < -0.3 is 9.73 Å². The molecule has 26 heavy (non-hydrogen) atoms. The molecule has 0 unspecified atom stereocenters. The van der Waals surface area contributed by atoms with Gasteiger partial charge in [0.15, 0.2) is 5.76 Å². The monoisotopic (exact) mass is 361 g/mol. The van der Waals surface area contributed by atoms with Crippen molar-refractivity contribution in [1.29, 1.82) is 0 Å². The summed E-state index contributed by atoms with van der Waals surface area (Å²) in [7, 11) is 0. The van der Waals surface area contributed by atoms with Crippen molar-refractivity contribution in [3.05, 3.63) is 65.4 Å². The second-order valence-corrected chi connectivity index (χ2v) is 7.08. The third kappa shape index (κ3) is 3.59. The average Bonchev–Trinajstić information content (AvgIpc) is 2.90. The molecule has 136 valence electrons. The minimum atomic E-state index is -4.44. The Morgan fingerprint density at radius 1 is 0.962 bits per heavy atom. The lowest BCUT2D eigenvalue weighted by Crippen LogP contribution is -2.27. The van der Waals surface area contributed by atoms with Crippen molar-refractivity contribution in [2.75, 3.05) is 5.32 Å². The molecule has 0 atom stereocenters. The molecule has 0 spiro atoms. The second-order valence-electron chi connectivity index (χ2n) is 7.08. The van der Waals surface area contributed by atoms with Crippen molar-refractivity contribution in [3.63, 3.8) is 0 Å². The molecular weight excluding hydrogens is 343 g/mol. The Hall–Kier alpha value is -2.76. The highest BCUT2D eigenvalue weighted by molar-refractivity contribution is 6.14. The molecule has 6 heteroatoms. The van der Waals surface area contributed by atoms with E-state index < -0.39 is 17.5 Å². The summed E-state index contributed by atoms with van der Waals surface area (Å²) in [5, 5.41) is 4.01. The van der Waals surface area contributed by atoms with Crippen LogP contribution >= 0.6 is 0 Å². The molecule has 2 aromatic carbocycles.